The first-order valence-electron chi connectivity index (χ1n) is 4.69. The quantitative estimate of drug-likeness (QED) is 0.543. The lowest BCUT2D eigenvalue weighted by Gasteiger charge is -2.26. The molecular formula is C9H11BrO3. The van der Waals surface area contributed by atoms with Crippen LogP contribution in [0.25, 0.3) is 0 Å². The van der Waals surface area contributed by atoms with Gasteiger partial charge in [-0.15, -0.1) is 0 Å². The maximum absolute atomic E-state index is 11.5. The molecule has 0 unspecified atom stereocenters. The van der Waals surface area contributed by atoms with Gasteiger partial charge in [-0.3, -0.25) is 4.79 Å². The van der Waals surface area contributed by atoms with Crippen molar-refractivity contribution in [2.75, 3.05) is 6.61 Å². The average Bonchev–Trinajstić information content (AvgIpc) is 2.68. The van der Waals surface area contributed by atoms with Gasteiger partial charge in [0.15, 0.2) is 0 Å². The van der Waals surface area contributed by atoms with Crippen molar-refractivity contribution in [2.24, 2.45) is 23.7 Å². The Labute approximate surface area is 84.6 Å². The Morgan fingerprint density at radius 3 is 3.00 bits per heavy atom. The molecule has 72 valence electrons. The highest BCUT2D eigenvalue weighted by Crippen LogP contribution is 2.59. The monoisotopic (exact) mass is 246 g/mol. The number of hydrogen-bond acceptors (Lipinski definition) is 3. The molecule has 3 aliphatic rings. The largest absolute Gasteiger partial charge is 0.461 e. The van der Waals surface area contributed by atoms with Gasteiger partial charge in [-0.1, -0.05) is 15.9 Å². The van der Waals surface area contributed by atoms with E-state index >= 15 is 0 Å². The van der Waals surface area contributed by atoms with Gasteiger partial charge in [0.25, 0.3) is 0 Å². The van der Waals surface area contributed by atoms with Crippen LogP contribution in [0.5, 0.6) is 0 Å². The van der Waals surface area contributed by atoms with Gasteiger partial charge < -0.3 is 9.84 Å². The molecule has 0 amide bonds. The Hall–Kier alpha value is -0.0900. The molecule has 3 nitrogen and oxygen atoms in total. The van der Waals surface area contributed by atoms with Crippen molar-refractivity contribution in [1.82, 2.24) is 0 Å². The van der Waals surface area contributed by atoms with Gasteiger partial charge >= 0.3 is 5.97 Å². The second-order valence-corrected chi connectivity index (χ2v) is 5.34. The highest BCUT2D eigenvalue weighted by Gasteiger charge is 2.65. The number of esters is 1. The number of halogens is 1. The summed E-state index contributed by atoms with van der Waals surface area (Å²) in [6.45, 7) is 0.121. The standard InChI is InChI=1S/C9H11BrO3/c10-7-3-1-4-6(5(3)2-11)9(12)13-8(4)7/h3-8,11H,1-2H2/t3-,4-,5+,6+,7-,8+/m1/s1. The van der Waals surface area contributed by atoms with Crippen LogP contribution >= 0.6 is 15.9 Å². The van der Waals surface area contributed by atoms with Crippen molar-refractivity contribution in [3.63, 3.8) is 0 Å². The van der Waals surface area contributed by atoms with E-state index in [1.165, 1.54) is 0 Å². The van der Waals surface area contributed by atoms with Gasteiger partial charge in [0.2, 0.25) is 0 Å². The minimum absolute atomic E-state index is 0.00574. The van der Waals surface area contributed by atoms with Crippen LogP contribution < -0.4 is 0 Å². The summed E-state index contributed by atoms with van der Waals surface area (Å²) in [4.78, 5) is 11.7. The van der Waals surface area contributed by atoms with E-state index < -0.39 is 0 Å². The number of fused-ring (bicyclic) bond motifs is 1. The number of alkyl halides is 1. The van der Waals surface area contributed by atoms with Crippen LogP contribution in [0.2, 0.25) is 0 Å². The van der Waals surface area contributed by atoms with E-state index in [0.717, 1.165) is 6.42 Å². The molecule has 1 saturated heterocycles. The molecule has 0 spiro atoms. The summed E-state index contributed by atoms with van der Waals surface area (Å²) in [5.41, 5.74) is 0. The molecule has 0 aromatic rings. The van der Waals surface area contributed by atoms with Crippen molar-refractivity contribution >= 4 is 21.9 Å². The van der Waals surface area contributed by atoms with Crippen LogP contribution in [0.3, 0.4) is 0 Å². The summed E-state index contributed by atoms with van der Waals surface area (Å²) >= 11 is 3.57. The molecular weight excluding hydrogens is 236 g/mol. The van der Waals surface area contributed by atoms with Gasteiger partial charge in [0, 0.05) is 12.5 Å². The van der Waals surface area contributed by atoms with E-state index in [1.54, 1.807) is 0 Å². The van der Waals surface area contributed by atoms with Crippen molar-refractivity contribution in [2.45, 2.75) is 17.4 Å². The molecule has 0 aromatic heterocycles. The van der Waals surface area contributed by atoms with Gasteiger partial charge in [-0.2, -0.15) is 0 Å². The number of aliphatic hydroxyl groups excluding tert-OH is 1. The summed E-state index contributed by atoms with van der Waals surface area (Å²) in [7, 11) is 0. The zero-order valence-electron chi connectivity index (χ0n) is 7.02. The maximum atomic E-state index is 11.5. The predicted molar refractivity (Wildman–Crippen MR) is 48.3 cm³/mol. The molecule has 0 aromatic carbocycles. The van der Waals surface area contributed by atoms with Gasteiger partial charge in [-0.05, 0) is 18.3 Å². The first-order chi connectivity index (χ1) is 6.24. The minimum atomic E-state index is -0.0847. The Balaban J connectivity index is 2.01. The van der Waals surface area contributed by atoms with E-state index in [0.29, 0.717) is 11.8 Å². The molecule has 1 heterocycles. The third-order valence-corrected chi connectivity index (χ3v) is 5.10. The molecule has 1 N–H and O–H groups in total. The van der Waals surface area contributed by atoms with Gasteiger partial charge in [0.1, 0.15) is 6.10 Å². The second kappa shape index (κ2) is 2.48. The molecule has 0 radical (unpaired) electrons. The summed E-state index contributed by atoms with van der Waals surface area (Å²) in [5.74, 6) is 0.864. The molecule has 13 heavy (non-hydrogen) atoms. The number of hydrogen-bond donors (Lipinski definition) is 1. The Morgan fingerprint density at radius 2 is 2.31 bits per heavy atom. The van der Waals surface area contributed by atoms with E-state index in [9.17, 15) is 9.90 Å². The molecule has 3 rings (SSSR count). The fraction of sp³-hybridized carbons (Fsp3) is 0.889. The zero-order chi connectivity index (χ0) is 9.16. The zero-order valence-corrected chi connectivity index (χ0v) is 8.61. The minimum Gasteiger partial charge on any atom is -0.461 e. The second-order valence-electron chi connectivity index (χ2n) is 4.28. The van der Waals surface area contributed by atoms with E-state index in [2.05, 4.69) is 15.9 Å². The van der Waals surface area contributed by atoms with Crippen LogP contribution in [-0.4, -0.2) is 28.6 Å². The van der Waals surface area contributed by atoms with Crippen molar-refractivity contribution in [3.05, 3.63) is 0 Å². The Bertz CT molecular complexity index is 268. The normalized spacial score (nSPS) is 57.2. The number of carbonyl (C=O) groups is 1. The van der Waals surface area contributed by atoms with E-state index in [4.69, 9.17) is 4.74 Å². The Morgan fingerprint density at radius 1 is 1.54 bits per heavy atom. The number of ether oxygens (including phenoxy) is 1. The molecule has 1 aliphatic heterocycles. The smallest absolute Gasteiger partial charge is 0.310 e. The highest BCUT2D eigenvalue weighted by atomic mass is 79.9. The average molecular weight is 247 g/mol. The number of rotatable bonds is 1. The summed E-state index contributed by atoms with van der Waals surface area (Å²) in [5, 5.41) is 9.22. The van der Waals surface area contributed by atoms with Crippen molar-refractivity contribution in [3.8, 4) is 0 Å². The Kier molecular flexibility index (Phi) is 1.57. The molecule has 6 atom stereocenters. The van der Waals surface area contributed by atoms with Crippen molar-refractivity contribution in [1.29, 1.82) is 0 Å². The molecule has 2 bridgehead atoms. The van der Waals surface area contributed by atoms with E-state index in [-0.39, 0.29) is 35.3 Å². The lowest BCUT2D eigenvalue weighted by atomic mass is 9.80. The third-order valence-electron chi connectivity index (χ3n) is 3.90. The summed E-state index contributed by atoms with van der Waals surface area (Å²) in [6.07, 6.45) is 1.13. The summed E-state index contributed by atoms with van der Waals surface area (Å²) < 4.78 is 5.29. The van der Waals surface area contributed by atoms with Crippen LogP contribution in [-0.2, 0) is 9.53 Å². The predicted octanol–water partition coefficient (Wildman–Crippen LogP) is 0.550. The molecule has 3 fully saturated rings. The molecule has 4 heteroatoms. The van der Waals surface area contributed by atoms with Crippen LogP contribution in [0.4, 0.5) is 0 Å². The number of aliphatic hydroxyl groups is 1. The maximum Gasteiger partial charge on any atom is 0.310 e. The van der Waals surface area contributed by atoms with Gasteiger partial charge in [0.05, 0.1) is 10.7 Å². The first-order valence-corrected chi connectivity index (χ1v) is 5.61. The highest BCUT2D eigenvalue weighted by molar-refractivity contribution is 9.09. The van der Waals surface area contributed by atoms with Crippen LogP contribution in [0.15, 0.2) is 0 Å². The summed E-state index contributed by atoms with van der Waals surface area (Å²) in [6, 6.07) is 0. The van der Waals surface area contributed by atoms with E-state index in [1.807, 2.05) is 0 Å². The lowest BCUT2D eigenvalue weighted by Crippen LogP contribution is -2.35. The fourth-order valence-corrected chi connectivity index (χ4v) is 4.48. The number of carbonyl (C=O) groups excluding carboxylic acids is 1. The van der Waals surface area contributed by atoms with Crippen LogP contribution in [0, 0.1) is 23.7 Å². The van der Waals surface area contributed by atoms with Gasteiger partial charge in [-0.25, -0.2) is 0 Å². The molecule has 2 aliphatic carbocycles. The molecule has 2 saturated carbocycles. The third kappa shape index (κ3) is 0.814. The van der Waals surface area contributed by atoms with Crippen LogP contribution in [0.1, 0.15) is 6.42 Å². The SMILES string of the molecule is O=C1O[C@@H]2[C@H](Br)[C@@H]3C[C@@H]2[C@H]1[C@H]3CO. The fourth-order valence-electron chi connectivity index (χ4n) is 3.37. The topological polar surface area (TPSA) is 46.5 Å². The first kappa shape index (κ1) is 8.24. The lowest BCUT2D eigenvalue weighted by molar-refractivity contribution is -0.144. The van der Waals surface area contributed by atoms with Crippen molar-refractivity contribution < 1.29 is 14.6 Å².